The van der Waals surface area contributed by atoms with Crippen LogP contribution in [0.15, 0.2) is 36.4 Å². The van der Waals surface area contributed by atoms with E-state index in [4.69, 9.17) is 10.5 Å². The zero-order chi connectivity index (χ0) is 15.6. The van der Waals surface area contributed by atoms with E-state index in [-0.39, 0.29) is 11.7 Å². The van der Waals surface area contributed by atoms with Crippen molar-refractivity contribution in [2.45, 2.75) is 26.8 Å². The molecule has 0 fully saturated rings. The molecule has 0 aliphatic rings. The number of nitrogens with two attached hydrogens (primary N) is 1. The van der Waals surface area contributed by atoms with Crippen molar-refractivity contribution in [3.05, 3.63) is 63.2 Å². The molecule has 0 aliphatic carbocycles. The molecule has 1 atom stereocenters. The van der Waals surface area contributed by atoms with Crippen LogP contribution in [0.3, 0.4) is 0 Å². The fraction of sp³-hybridized carbons (Fsp3) is 0.250. The second kappa shape index (κ2) is 5.93. The SMILES string of the molecule is Cc1cc(C)c([N+](=O)[O-])cc1Oc1ccc([C@H](C)N)cc1. The normalized spacial score (nSPS) is 12.0. The smallest absolute Gasteiger partial charge is 0.276 e. The van der Waals surface area contributed by atoms with Crippen molar-refractivity contribution in [2.75, 3.05) is 0 Å². The van der Waals surface area contributed by atoms with Crippen molar-refractivity contribution >= 4 is 5.69 Å². The number of nitro groups is 1. The average molecular weight is 286 g/mol. The summed E-state index contributed by atoms with van der Waals surface area (Å²) < 4.78 is 5.74. The molecular weight excluding hydrogens is 268 g/mol. The van der Waals surface area contributed by atoms with Gasteiger partial charge in [-0.1, -0.05) is 12.1 Å². The molecule has 0 spiro atoms. The molecule has 0 heterocycles. The maximum Gasteiger partial charge on any atom is 0.276 e. The van der Waals surface area contributed by atoms with Crippen LogP contribution in [0.1, 0.15) is 29.7 Å². The summed E-state index contributed by atoms with van der Waals surface area (Å²) in [5.41, 5.74) is 8.34. The molecule has 0 saturated heterocycles. The predicted octanol–water partition coefficient (Wildman–Crippen LogP) is 4.02. The van der Waals surface area contributed by atoms with Gasteiger partial charge in [0.25, 0.3) is 5.69 Å². The lowest BCUT2D eigenvalue weighted by atomic mass is 10.1. The maximum atomic E-state index is 11.0. The number of aryl methyl sites for hydroxylation is 2. The molecule has 0 radical (unpaired) electrons. The number of hydrogen-bond donors (Lipinski definition) is 1. The van der Waals surface area contributed by atoms with E-state index in [1.807, 2.05) is 38.1 Å². The van der Waals surface area contributed by atoms with Gasteiger partial charge in [-0.3, -0.25) is 10.1 Å². The van der Waals surface area contributed by atoms with Gasteiger partial charge in [0.05, 0.1) is 11.0 Å². The Morgan fingerprint density at radius 1 is 1.14 bits per heavy atom. The highest BCUT2D eigenvalue weighted by Crippen LogP contribution is 2.31. The van der Waals surface area contributed by atoms with E-state index in [0.29, 0.717) is 17.1 Å². The second-order valence-electron chi connectivity index (χ2n) is 5.12. The lowest BCUT2D eigenvalue weighted by molar-refractivity contribution is -0.385. The number of nitro benzene ring substituents is 1. The molecule has 2 rings (SSSR count). The summed E-state index contributed by atoms with van der Waals surface area (Å²) in [6, 6.07) is 10.6. The zero-order valence-corrected chi connectivity index (χ0v) is 12.3. The molecule has 5 heteroatoms. The monoisotopic (exact) mass is 286 g/mol. The minimum absolute atomic E-state index is 0.0405. The highest BCUT2D eigenvalue weighted by Gasteiger charge is 2.15. The van der Waals surface area contributed by atoms with E-state index >= 15 is 0 Å². The molecule has 0 bridgehead atoms. The van der Waals surface area contributed by atoms with Gasteiger partial charge in [-0.15, -0.1) is 0 Å². The van der Waals surface area contributed by atoms with Gasteiger partial charge in [-0.2, -0.15) is 0 Å². The number of benzene rings is 2. The fourth-order valence-corrected chi connectivity index (χ4v) is 2.09. The van der Waals surface area contributed by atoms with Crippen LogP contribution in [0.2, 0.25) is 0 Å². The Hall–Kier alpha value is -2.40. The Morgan fingerprint density at radius 3 is 2.29 bits per heavy atom. The van der Waals surface area contributed by atoms with Crippen molar-refractivity contribution in [2.24, 2.45) is 5.73 Å². The molecule has 21 heavy (non-hydrogen) atoms. The molecule has 2 aromatic rings. The van der Waals surface area contributed by atoms with Crippen molar-refractivity contribution in [1.29, 1.82) is 0 Å². The van der Waals surface area contributed by atoms with Gasteiger partial charge in [0.15, 0.2) is 0 Å². The highest BCUT2D eigenvalue weighted by molar-refractivity contribution is 5.51. The van der Waals surface area contributed by atoms with E-state index in [2.05, 4.69) is 0 Å². The Kier molecular flexibility index (Phi) is 4.23. The van der Waals surface area contributed by atoms with Crippen molar-refractivity contribution < 1.29 is 9.66 Å². The summed E-state index contributed by atoms with van der Waals surface area (Å²) in [6.45, 7) is 5.48. The standard InChI is InChI=1S/C16H18N2O3/c1-10-8-11(2)16(9-15(10)18(19)20)21-14-6-4-13(5-7-14)12(3)17/h4-9,12H,17H2,1-3H3/t12-/m0/s1. The Morgan fingerprint density at radius 2 is 1.76 bits per heavy atom. The van der Waals surface area contributed by atoms with Gasteiger partial charge in [0, 0.05) is 11.6 Å². The van der Waals surface area contributed by atoms with Crippen LogP contribution in [-0.4, -0.2) is 4.92 Å². The van der Waals surface area contributed by atoms with Crippen LogP contribution in [0.25, 0.3) is 0 Å². The van der Waals surface area contributed by atoms with Crippen molar-refractivity contribution in [3.8, 4) is 11.5 Å². The average Bonchev–Trinajstić information content (AvgIpc) is 2.42. The van der Waals surface area contributed by atoms with Crippen molar-refractivity contribution in [3.63, 3.8) is 0 Å². The Balaban J connectivity index is 2.30. The van der Waals surface area contributed by atoms with Crippen molar-refractivity contribution in [1.82, 2.24) is 0 Å². The van der Waals surface area contributed by atoms with Gasteiger partial charge < -0.3 is 10.5 Å². The summed E-state index contributed by atoms with van der Waals surface area (Å²) in [6.07, 6.45) is 0. The third-order valence-corrected chi connectivity index (χ3v) is 3.32. The molecule has 2 aromatic carbocycles. The summed E-state index contributed by atoms with van der Waals surface area (Å²) >= 11 is 0. The first-order chi connectivity index (χ1) is 9.88. The second-order valence-corrected chi connectivity index (χ2v) is 5.12. The molecule has 0 aromatic heterocycles. The van der Waals surface area contributed by atoms with Crippen LogP contribution in [0.4, 0.5) is 5.69 Å². The third kappa shape index (κ3) is 3.38. The summed E-state index contributed by atoms with van der Waals surface area (Å²) in [5, 5.41) is 11.0. The minimum Gasteiger partial charge on any atom is -0.457 e. The quantitative estimate of drug-likeness (QED) is 0.680. The van der Waals surface area contributed by atoms with Crippen LogP contribution in [0, 0.1) is 24.0 Å². The summed E-state index contributed by atoms with van der Waals surface area (Å²) in [5.74, 6) is 1.11. The van der Waals surface area contributed by atoms with Crippen LogP contribution < -0.4 is 10.5 Å². The van der Waals surface area contributed by atoms with E-state index in [1.54, 1.807) is 13.0 Å². The summed E-state index contributed by atoms with van der Waals surface area (Å²) in [4.78, 5) is 10.6. The third-order valence-electron chi connectivity index (χ3n) is 3.32. The topological polar surface area (TPSA) is 78.4 Å². The minimum atomic E-state index is -0.402. The fourth-order valence-electron chi connectivity index (χ4n) is 2.09. The first kappa shape index (κ1) is 15.0. The molecular formula is C16H18N2O3. The summed E-state index contributed by atoms with van der Waals surface area (Å²) in [7, 11) is 0. The van der Waals surface area contributed by atoms with Gasteiger partial charge in [-0.05, 0) is 50.1 Å². The highest BCUT2D eigenvalue weighted by atomic mass is 16.6. The molecule has 0 saturated carbocycles. The number of hydrogen-bond acceptors (Lipinski definition) is 4. The predicted molar refractivity (Wildman–Crippen MR) is 81.7 cm³/mol. The molecule has 0 unspecified atom stereocenters. The van der Waals surface area contributed by atoms with Gasteiger partial charge in [0.1, 0.15) is 11.5 Å². The number of nitrogens with zero attached hydrogens (tertiary/aromatic N) is 1. The van der Waals surface area contributed by atoms with E-state index < -0.39 is 4.92 Å². The van der Waals surface area contributed by atoms with Gasteiger partial charge in [-0.25, -0.2) is 0 Å². The van der Waals surface area contributed by atoms with E-state index in [1.165, 1.54) is 6.07 Å². The first-order valence-electron chi connectivity index (χ1n) is 6.67. The molecule has 2 N–H and O–H groups in total. The Bertz CT molecular complexity index is 664. The molecule has 110 valence electrons. The first-order valence-corrected chi connectivity index (χ1v) is 6.67. The number of ether oxygens (including phenoxy) is 1. The largest absolute Gasteiger partial charge is 0.457 e. The molecule has 0 aliphatic heterocycles. The van der Waals surface area contributed by atoms with Crippen LogP contribution in [-0.2, 0) is 0 Å². The lowest BCUT2D eigenvalue weighted by Gasteiger charge is -2.11. The van der Waals surface area contributed by atoms with Crippen LogP contribution >= 0.6 is 0 Å². The van der Waals surface area contributed by atoms with E-state index in [0.717, 1.165) is 11.1 Å². The van der Waals surface area contributed by atoms with Crippen LogP contribution in [0.5, 0.6) is 11.5 Å². The number of rotatable bonds is 4. The van der Waals surface area contributed by atoms with Gasteiger partial charge in [0.2, 0.25) is 0 Å². The zero-order valence-electron chi connectivity index (χ0n) is 12.3. The maximum absolute atomic E-state index is 11.0. The van der Waals surface area contributed by atoms with E-state index in [9.17, 15) is 10.1 Å². The lowest BCUT2D eigenvalue weighted by Crippen LogP contribution is -2.04. The Labute approximate surface area is 123 Å². The molecule has 0 amide bonds. The molecule has 5 nitrogen and oxygen atoms in total. The van der Waals surface area contributed by atoms with Gasteiger partial charge >= 0.3 is 0 Å².